The van der Waals surface area contributed by atoms with Crippen LogP contribution in [-0.2, 0) is 9.47 Å². The van der Waals surface area contributed by atoms with Crippen molar-refractivity contribution in [3.05, 3.63) is 12.7 Å². The van der Waals surface area contributed by atoms with E-state index < -0.39 is 6.29 Å². The van der Waals surface area contributed by atoms with Gasteiger partial charge in [-0.3, -0.25) is 0 Å². The molecule has 76 valence electrons. The molecule has 3 nitrogen and oxygen atoms in total. The smallest absolute Gasteiger partial charge is 0.160 e. The van der Waals surface area contributed by atoms with Gasteiger partial charge in [-0.15, -0.1) is 6.58 Å². The van der Waals surface area contributed by atoms with E-state index >= 15 is 0 Å². The summed E-state index contributed by atoms with van der Waals surface area (Å²) in [7, 11) is 0. The van der Waals surface area contributed by atoms with Crippen LogP contribution in [0.3, 0.4) is 0 Å². The zero-order valence-corrected chi connectivity index (χ0v) is 7.95. The zero-order valence-electron chi connectivity index (χ0n) is 7.95. The molecule has 1 N–H and O–H groups in total. The Morgan fingerprint density at radius 1 is 1.62 bits per heavy atom. The Morgan fingerprint density at radius 2 is 2.46 bits per heavy atom. The number of aliphatic hydroxyl groups is 1. The van der Waals surface area contributed by atoms with Crippen LogP contribution < -0.4 is 0 Å². The maximum Gasteiger partial charge on any atom is 0.160 e. The van der Waals surface area contributed by atoms with Crippen LogP contribution >= 0.6 is 0 Å². The molecule has 0 bridgehead atoms. The molecule has 0 aromatic rings. The van der Waals surface area contributed by atoms with Crippen LogP contribution in [0.1, 0.15) is 32.1 Å². The van der Waals surface area contributed by atoms with Crippen LogP contribution in [0.15, 0.2) is 12.7 Å². The lowest BCUT2D eigenvalue weighted by Gasteiger charge is -2.25. The van der Waals surface area contributed by atoms with Gasteiger partial charge in [-0.1, -0.05) is 6.08 Å². The molecule has 2 unspecified atom stereocenters. The number of aliphatic hydroxyl groups excluding tert-OH is 1. The second-order valence-corrected chi connectivity index (χ2v) is 3.25. The molecular formula is C10H18O3. The molecule has 1 rings (SSSR count). The first-order valence-electron chi connectivity index (χ1n) is 4.89. The van der Waals surface area contributed by atoms with Crippen molar-refractivity contribution < 1.29 is 14.6 Å². The van der Waals surface area contributed by atoms with E-state index in [-0.39, 0.29) is 6.29 Å². The van der Waals surface area contributed by atoms with E-state index in [9.17, 15) is 5.11 Å². The average Bonchev–Trinajstić information content (AvgIpc) is 2.16. The molecule has 0 saturated carbocycles. The highest BCUT2D eigenvalue weighted by Gasteiger charge is 2.17. The molecular weight excluding hydrogens is 168 g/mol. The van der Waals surface area contributed by atoms with E-state index in [0.29, 0.717) is 6.42 Å². The Labute approximate surface area is 79.3 Å². The molecule has 0 amide bonds. The largest absolute Gasteiger partial charge is 0.368 e. The van der Waals surface area contributed by atoms with E-state index in [4.69, 9.17) is 9.47 Å². The summed E-state index contributed by atoms with van der Waals surface area (Å²) in [5, 5.41) is 9.38. The van der Waals surface area contributed by atoms with Crippen molar-refractivity contribution in [2.45, 2.75) is 44.7 Å². The van der Waals surface area contributed by atoms with Gasteiger partial charge in [0.25, 0.3) is 0 Å². The van der Waals surface area contributed by atoms with Gasteiger partial charge in [-0.2, -0.15) is 0 Å². The van der Waals surface area contributed by atoms with Gasteiger partial charge in [0.15, 0.2) is 12.6 Å². The number of hydrogen-bond donors (Lipinski definition) is 1. The molecule has 1 aliphatic rings. The summed E-state index contributed by atoms with van der Waals surface area (Å²) in [6.07, 6.45) is 5.35. The van der Waals surface area contributed by atoms with Crippen molar-refractivity contribution >= 4 is 0 Å². The molecule has 0 aromatic carbocycles. The number of hydrogen-bond acceptors (Lipinski definition) is 3. The van der Waals surface area contributed by atoms with Crippen LogP contribution in [0.5, 0.6) is 0 Å². The normalized spacial score (nSPS) is 25.5. The van der Waals surface area contributed by atoms with Crippen molar-refractivity contribution in [2.24, 2.45) is 0 Å². The van der Waals surface area contributed by atoms with Crippen LogP contribution in [0.2, 0.25) is 0 Å². The van der Waals surface area contributed by atoms with Gasteiger partial charge in [-0.05, 0) is 25.7 Å². The fourth-order valence-corrected chi connectivity index (χ4v) is 1.32. The van der Waals surface area contributed by atoms with Crippen LogP contribution in [0, 0.1) is 0 Å². The summed E-state index contributed by atoms with van der Waals surface area (Å²) in [5.41, 5.74) is 0. The third-order valence-corrected chi connectivity index (χ3v) is 2.06. The quantitative estimate of drug-likeness (QED) is 0.525. The van der Waals surface area contributed by atoms with Gasteiger partial charge in [0.05, 0.1) is 0 Å². The van der Waals surface area contributed by atoms with Gasteiger partial charge in [-0.25, -0.2) is 0 Å². The maximum atomic E-state index is 9.38. The molecule has 2 atom stereocenters. The lowest BCUT2D eigenvalue weighted by atomic mass is 10.2. The highest BCUT2D eigenvalue weighted by atomic mass is 16.7. The van der Waals surface area contributed by atoms with E-state index in [1.807, 2.05) is 0 Å². The third-order valence-electron chi connectivity index (χ3n) is 2.06. The summed E-state index contributed by atoms with van der Waals surface area (Å²) in [6.45, 7) is 4.33. The minimum atomic E-state index is -0.707. The monoisotopic (exact) mass is 186 g/mol. The molecule has 0 spiro atoms. The third kappa shape index (κ3) is 4.41. The van der Waals surface area contributed by atoms with Gasteiger partial charge >= 0.3 is 0 Å². The average molecular weight is 186 g/mol. The minimum absolute atomic E-state index is 0.200. The molecule has 3 heteroatoms. The van der Waals surface area contributed by atoms with Gasteiger partial charge in [0.1, 0.15) is 0 Å². The molecule has 1 heterocycles. The zero-order chi connectivity index (χ0) is 9.52. The fraction of sp³-hybridized carbons (Fsp3) is 0.800. The van der Waals surface area contributed by atoms with Crippen molar-refractivity contribution in [1.82, 2.24) is 0 Å². The second kappa shape index (κ2) is 6.13. The first-order valence-corrected chi connectivity index (χ1v) is 4.89. The topological polar surface area (TPSA) is 38.7 Å². The lowest BCUT2D eigenvalue weighted by Crippen LogP contribution is -2.27. The van der Waals surface area contributed by atoms with E-state index in [0.717, 1.165) is 32.3 Å². The Balaban J connectivity index is 2.10. The Hall–Kier alpha value is -0.380. The molecule has 0 radical (unpaired) electrons. The number of rotatable bonds is 5. The first-order chi connectivity index (χ1) is 6.33. The number of ether oxygens (including phenoxy) is 2. The SMILES string of the molecule is C=CCCC(O)OC1CCCCO1. The fourth-order valence-electron chi connectivity index (χ4n) is 1.32. The van der Waals surface area contributed by atoms with Gasteiger partial charge < -0.3 is 14.6 Å². The van der Waals surface area contributed by atoms with E-state index in [2.05, 4.69) is 6.58 Å². The molecule has 0 aromatic heterocycles. The predicted molar refractivity (Wildman–Crippen MR) is 50.1 cm³/mol. The van der Waals surface area contributed by atoms with Gasteiger partial charge in [0, 0.05) is 13.0 Å². The Kier molecular flexibility index (Phi) is 5.05. The highest BCUT2D eigenvalue weighted by Crippen LogP contribution is 2.16. The highest BCUT2D eigenvalue weighted by molar-refractivity contribution is 4.66. The number of allylic oxidation sites excluding steroid dienone is 1. The summed E-state index contributed by atoms with van der Waals surface area (Å²) >= 11 is 0. The lowest BCUT2D eigenvalue weighted by molar-refractivity contribution is -0.241. The summed E-state index contributed by atoms with van der Waals surface area (Å²) in [5.74, 6) is 0. The van der Waals surface area contributed by atoms with E-state index in [1.165, 1.54) is 0 Å². The minimum Gasteiger partial charge on any atom is -0.368 e. The van der Waals surface area contributed by atoms with Crippen LogP contribution in [-0.4, -0.2) is 24.3 Å². The molecule has 1 aliphatic heterocycles. The predicted octanol–water partition coefficient (Wildman–Crippen LogP) is 1.81. The van der Waals surface area contributed by atoms with Crippen molar-refractivity contribution in [1.29, 1.82) is 0 Å². The summed E-state index contributed by atoms with van der Waals surface area (Å²) in [6, 6.07) is 0. The second-order valence-electron chi connectivity index (χ2n) is 3.25. The summed E-state index contributed by atoms with van der Waals surface area (Å²) < 4.78 is 10.6. The molecule has 1 fully saturated rings. The van der Waals surface area contributed by atoms with Crippen molar-refractivity contribution in [2.75, 3.05) is 6.61 Å². The van der Waals surface area contributed by atoms with Crippen molar-refractivity contribution in [3.8, 4) is 0 Å². The van der Waals surface area contributed by atoms with Crippen molar-refractivity contribution in [3.63, 3.8) is 0 Å². The summed E-state index contributed by atoms with van der Waals surface area (Å²) in [4.78, 5) is 0. The molecule has 1 saturated heterocycles. The van der Waals surface area contributed by atoms with Crippen LogP contribution in [0.25, 0.3) is 0 Å². The standard InChI is InChI=1S/C10H18O3/c1-2-3-6-9(11)13-10-7-4-5-8-12-10/h2,9-11H,1,3-8H2. The Bertz CT molecular complexity index is 141. The molecule has 13 heavy (non-hydrogen) atoms. The maximum absolute atomic E-state index is 9.38. The first kappa shape index (κ1) is 10.7. The Morgan fingerprint density at radius 3 is 3.08 bits per heavy atom. The van der Waals surface area contributed by atoms with Crippen LogP contribution in [0.4, 0.5) is 0 Å². The van der Waals surface area contributed by atoms with E-state index in [1.54, 1.807) is 6.08 Å². The van der Waals surface area contributed by atoms with Gasteiger partial charge in [0.2, 0.25) is 0 Å². The molecule has 0 aliphatic carbocycles.